The first-order valence-electron chi connectivity index (χ1n) is 9.84. The standard InChI is InChI=1S/C22H24FN3O3/c23-19-8-6-16(7-9-19)12-24-21(27)25-11-10-18-15-29-22(28)26(20(18)14-25)13-17-4-2-1-3-5-17/h1-9,18,20H,10-15H2,(H,24,27)/t18-,20-/m1/s1. The topological polar surface area (TPSA) is 61.9 Å². The van der Waals surface area contributed by atoms with Crippen LogP contribution in [0.25, 0.3) is 0 Å². The van der Waals surface area contributed by atoms with Crippen molar-refractivity contribution in [3.8, 4) is 0 Å². The second-order valence-electron chi connectivity index (χ2n) is 7.54. The van der Waals surface area contributed by atoms with Gasteiger partial charge in [-0.1, -0.05) is 42.5 Å². The Kier molecular flexibility index (Phi) is 5.64. The van der Waals surface area contributed by atoms with E-state index in [9.17, 15) is 14.0 Å². The Balaban J connectivity index is 1.40. The average Bonchev–Trinajstić information content (AvgIpc) is 2.75. The van der Waals surface area contributed by atoms with Crippen LogP contribution in [0.2, 0.25) is 0 Å². The minimum Gasteiger partial charge on any atom is -0.449 e. The highest BCUT2D eigenvalue weighted by molar-refractivity contribution is 5.75. The van der Waals surface area contributed by atoms with E-state index in [2.05, 4.69) is 5.32 Å². The van der Waals surface area contributed by atoms with Crippen LogP contribution < -0.4 is 5.32 Å². The van der Waals surface area contributed by atoms with Gasteiger partial charge >= 0.3 is 12.1 Å². The predicted molar refractivity (Wildman–Crippen MR) is 105 cm³/mol. The molecule has 0 aliphatic carbocycles. The van der Waals surface area contributed by atoms with Gasteiger partial charge < -0.3 is 15.0 Å². The molecule has 2 fully saturated rings. The Labute approximate surface area is 169 Å². The number of amides is 3. The molecule has 6 nitrogen and oxygen atoms in total. The summed E-state index contributed by atoms with van der Waals surface area (Å²) in [5.41, 5.74) is 1.87. The van der Waals surface area contributed by atoms with E-state index in [1.165, 1.54) is 12.1 Å². The Bertz CT molecular complexity index is 859. The quantitative estimate of drug-likeness (QED) is 0.860. The summed E-state index contributed by atoms with van der Waals surface area (Å²) in [6, 6.07) is 15.6. The van der Waals surface area contributed by atoms with Gasteiger partial charge in [0, 0.05) is 32.1 Å². The largest absolute Gasteiger partial charge is 0.449 e. The van der Waals surface area contributed by atoms with E-state index in [1.54, 1.807) is 21.9 Å². The van der Waals surface area contributed by atoms with Crippen LogP contribution in [0.1, 0.15) is 17.5 Å². The molecule has 2 aliphatic rings. The lowest BCUT2D eigenvalue weighted by atomic mass is 9.90. The number of hydrogen-bond donors (Lipinski definition) is 1. The molecule has 2 aliphatic heterocycles. The first-order chi connectivity index (χ1) is 14.1. The summed E-state index contributed by atoms with van der Waals surface area (Å²) >= 11 is 0. The fourth-order valence-corrected chi connectivity index (χ4v) is 3.96. The lowest BCUT2D eigenvalue weighted by molar-refractivity contribution is -0.0241. The molecule has 0 spiro atoms. The molecule has 3 amide bonds. The van der Waals surface area contributed by atoms with E-state index >= 15 is 0 Å². The van der Waals surface area contributed by atoms with Crippen molar-refractivity contribution >= 4 is 12.1 Å². The van der Waals surface area contributed by atoms with Gasteiger partial charge in [-0.05, 0) is 29.7 Å². The molecule has 2 saturated heterocycles. The first-order valence-corrected chi connectivity index (χ1v) is 9.84. The Hall–Kier alpha value is -3.09. The zero-order valence-corrected chi connectivity index (χ0v) is 16.1. The van der Waals surface area contributed by atoms with Crippen LogP contribution in [0.15, 0.2) is 54.6 Å². The van der Waals surface area contributed by atoms with Crippen molar-refractivity contribution in [2.45, 2.75) is 25.6 Å². The molecule has 152 valence electrons. The van der Waals surface area contributed by atoms with Crippen molar-refractivity contribution in [2.24, 2.45) is 5.92 Å². The van der Waals surface area contributed by atoms with Crippen LogP contribution >= 0.6 is 0 Å². The third kappa shape index (κ3) is 4.50. The van der Waals surface area contributed by atoms with Gasteiger partial charge in [0.2, 0.25) is 0 Å². The molecule has 0 bridgehead atoms. The highest BCUT2D eigenvalue weighted by Crippen LogP contribution is 2.29. The smallest absolute Gasteiger partial charge is 0.410 e. The number of rotatable bonds is 4. The molecule has 0 radical (unpaired) electrons. The molecule has 2 aromatic rings. The van der Waals surface area contributed by atoms with Gasteiger partial charge in [0.15, 0.2) is 0 Å². The van der Waals surface area contributed by atoms with Crippen molar-refractivity contribution < 1.29 is 18.7 Å². The van der Waals surface area contributed by atoms with Crippen LogP contribution in [0, 0.1) is 11.7 Å². The Morgan fingerprint density at radius 2 is 1.86 bits per heavy atom. The number of benzene rings is 2. The predicted octanol–water partition coefficient (Wildman–Crippen LogP) is 3.38. The summed E-state index contributed by atoms with van der Waals surface area (Å²) in [5, 5.41) is 2.89. The number of likely N-dealkylation sites (tertiary alicyclic amines) is 1. The number of ether oxygens (including phenoxy) is 1. The molecule has 2 atom stereocenters. The lowest BCUT2D eigenvalue weighted by Crippen LogP contribution is -2.60. The summed E-state index contributed by atoms with van der Waals surface area (Å²) in [5.74, 6) is -0.0811. The van der Waals surface area contributed by atoms with Gasteiger partial charge in [-0.25, -0.2) is 14.0 Å². The molecule has 2 heterocycles. The van der Waals surface area contributed by atoms with E-state index in [0.717, 1.165) is 17.5 Å². The van der Waals surface area contributed by atoms with Gasteiger partial charge in [0.05, 0.1) is 12.6 Å². The number of cyclic esters (lactones) is 1. The Morgan fingerprint density at radius 1 is 1.10 bits per heavy atom. The molecule has 2 aromatic carbocycles. The van der Waals surface area contributed by atoms with Crippen molar-refractivity contribution in [2.75, 3.05) is 19.7 Å². The number of carbonyl (C=O) groups excluding carboxylic acids is 2. The maximum Gasteiger partial charge on any atom is 0.410 e. The van der Waals surface area contributed by atoms with E-state index in [4.69, 9.17) is 4.74 Å². The molecule has 29 heavy (non-hydrogen) atoms. The number of hydrogen-bond acceptors (Lipinski definition) is 3. The van der Waals surface area contributed by atoms with Crippen molar-refractivity contribution in [3.05, 3.63) is 71.5 Å². The van der Waals surface area contributed by atoms with Crippen LogP contribution in [0.5, 0.6) is 0 Å². The molecular weight excluding hydrogens is 373 g/mol. The van der Waals surface area contributed by atoms with Crippen LogP contribution in [0.3, 0.4) is 0 Å². The first kappa shape index (κ1) is 19.2. The monoisotopic (exact) mass is 397 g/mol. The summed E-state index contributed by atoms with van der Waals surface area (Å²) in [6.45, 7) is 2.29. The van der Waals surface area contributed by atoms with Gasteiger partial charge in [-0.15, -0.1) is 0 Å². The van der Waals surface area contributed by atoms with Crippen LogP contribution in [-0.2, 0) is 17.8 Å². The molecule has 0 aromatic heterocycles. The summed E-state index contributed by atoms with van der Waals surface area (Å²) in [7, 11) is 0. The third-order valence-electron chi connectivity index (χ3n) is 5.62. The second kappa shape index (κ2) is 8.51. The number of nitrogens with zero attached hydrogens (tertiary/aromatic N) is 2. The molecule has 0 saturated carbocycles. The SMILES string of the molecule is O=C(NCc1ccc(F)cc1)N1CC[C@@H]2COC(=O)N(Cc3ccccc3)[C@@H]2C1. The lowest BCUT2D eigenvalue weighted by Gasteiger charge is -2.46. The van der Waals surface area contributed by atoms with Gasteiger partial charge in [-0.3, -0.25) is 4.90 Å². The van der Waals surface area contributed by atoms with E-state index in [1.807, 2.05) is 30.3 Å². The molecule has 7 heteroatoms. The fraction of sp³-hybridized carbons (Fsp3) is 0.364. The third-order valence-corrected chi connectivity index (χ3v) is 5.62. The molecule has 4 rings (SSSR count). The molecular formula is C22H24FN3O3. The van der Waals surface area contributed by atoms with Crippen LogP contribution in [0.4, 0.5) is 14.0 Å². The Morgan fingerprint density at radius 3 is 2.62 bits per heavy atom. The van der Waals surface area contributed by atoms with Crippen molar-refractivity contribution in [1.29, 1.82) is 0 Å². The summed E-state index contributed by atoms with van der Waals surface area (Å²) in [6.07, 6.45) is 0.455. The van der Waals surface area contributed by atoms with E-state index < -0.39 is 0 Å². The number of piperidine rings is 1. The van der Waals surface area contributed by atoms with Crippen molar-refractivity contribution in [3.63, 3.8) is 0 Å². The van der Waals surface area contributed by atoms with E-state index in [-0.39, 0.29) is 29.9 Å². The number of urea groups is 1. The normalized spacial score (nSPS) is 21.3. The highest BCUT2D eigenvalue weighted by atomic mass is 19.1. The van der Waals surface area contributed by atoms with Gasteiger partial charge in [0.1, 0.15) is 5.82 Å². The number of carbonyl (C=O) groups is 2. The molecule has 1 N–H and O–H groups in total. The second-order valence-corrected chi connectivity index (χ2v) is 7.54. The number of halogens is 1. The minimum absolute atomic E-state index is 0.0678. The zero-order valence-electron chi connectivity index (χ0n) is 16.1. The van der Waals surface area contributed by atoms with Gasteiger partial charge in [-0.2, -0.15) is 0 Å². The number of nitrogens with one attached hydrogen (secondary N) is 1. The van der Waals surface area contributed by atoms with Gasteiger partial charge in [0.25, 0.3) is 0 Å². The maximum atomic E-state index is 13.0. The highest BCUT2D eigenvalue weighted by Gasteiger charge is 2.41. The summed E-state index contributed by atoms with van der Waals surface area (Å²) in [4.78, 5) is 28.6. The number of fused-ring (bicyclic) bond motifs is 1. The average molecular weight is 397 g/mol. The van der Waals surface area contributed by atoms with Crippen LogP contribution in [-0.4, -0.2) is 47.7 Å². The fourth-order valence-electron chi connectivity index (χ4n) is 3.96. The zero-order chi connectivity index (χ0) is 20.2. The van der Waals surface area contributed by atoms with E-state index in [0.29, 0.717) is 32.8 Å². The summed E-state index contributed by atoms with van der Waals surface area (Å²) < 4.78 is 18.4. The minimum atomic E-state index is -0.330. The molecule has 0 unspecified atom stereocenters. The maximum absolute atomic E-state index is 13.0. The van der Waals surface area contributed by atoms with Crippen molar-refractivity contribution in [1.82, 2.24) is 15.1 Å².